The number of aromatic nitrogens is 2. The molecule has 3 aromatic rings. The Balaban J connectivity index is 2.02. The zero-order chi connectivity index (χ0) is 24.0. The maximum atomic E-state index is 13.3. The van der Waals surface area contributed by atoms with Crippen LogP contribution in [0.15, 0.2) is 58.1 Å². The minimum Gasteiger partial charge on any atom is -0.385 e. The van der Waals surface area contributed by atoms with Crippen molar-refractivity contribution in [3.63, 3.8) is 0 Å². The number of nitrogens with two attached hydrogens (primary N) is 1. The van der Waals surface area contributed by atoms with E-state index >= 15 is 0 Å². The van der Waals surface area contributed by atoms with Crippen LogP contribution >= 0.6 is 23.2 Å². The number of carbonyl (C=O) groups excluding carboxylic acids is 1. The lowest BCUT2D eigenvalue weighted by Gasteiger charge is -2.25. The van der Waals surface area contributed by atoms with E-state index in [9.17, 15) is 14.4 Å². The molecule has 174 valence electrons. The van der Waals surface area contributed by atoms with Gasteiger partial charge in [-0.1, -0.05) is 59.6 Å². The molecule has 1 aromatic heterocycles. The molecule has 0 saturated heterocycles. The second-order valence-electron chi connectivity index (χ2n) is 7.37. The molecule has 0 aliphatic carbocycles. The van der Waals surface area contributed by atoms with Crippen LogP contribution < -0.4 is 21.9 Å². The number of H-pyrrole nitrogens is 1. The number of amides is 1. The van der Waals surface area contributed by atoms with Gasteiger partial charge in [-0.15, -0.1) is 0 Å². The van der Waals surface area contributed by atoms with E-state index in [-0.39, 0.29) is 31.0 Å². The Hall–Kier alpha value is -3.07. The molecule has 33 heavy (non-hydrogen) atoms. The highest BCUT2D eigenvalue weighted by atomic mass is 35.5. The highest BCUT2D eigenvalue weighted by Crippen LogP contribution is 2.24. The third-order valence-electron chi connectivity index (χ3n) is 5.06. The van der Waals surface area contributed by atoms with Crippen LogP contribution in [0.5, 0.6) is 0 Å². The summed E-state index contributed by atoms with van der Waals surface area (Å²) in [4.78, 5) is 42.2. The Morgan fingerprint density at radius 3 is 2.55 bits per heavy atom. The van der Waals surface area contributed by atoms with E-state index in [0.717, 1.165) is 5.56 Å². The number of ether oxygens (including phenoxy) is 1. The minimum atomic E-state index is -0.741. The number of hydrogen-bond acceptors (Lipinski definition) is 5. The normalized spacial score (nSPS) is 10.9. The number of rotatable bonds is 9. The quantitative estimate of drug-likeness (QED) is 0.447. The molecule has 2 aromatic carbocycles. The van der Waals surface area contributed by atoms with E-state index in [1.165, 1.54) is 9.47 Å². The number of nitrogens with one attached hydrogen (secondary N) is 1. The summed E-state index contributed by atoms with van der Waals surface area (Å²) in [5.41, 5.74) is 6.17. The third kappa shape index (κ3) is 6.04. The fraction of sp³-hybridized carbons (Fsp3) is 0.261. The number of hydrogen-bond donors (Lipinski definition) is 2. The molecule has 8 nitrogen and oxygen atoms in total. The summed E-state index contributed by atoms with van der Waals surface area (Å²) in [7, 11) is 1.54. The average Bonchev–Trinajstić information content (AvgIpc) is 2.78. The first kappa shape index (κ1) is 24.6. The molecule has 3 N–H and O–H groups in total. The van der Waals surface area contributed by atoms with E-state index in [2.05, 4.69) is 4.98 Å². The van der Waals surface area contributed by atoms with Crippen LogP contribution in [0.3, 0.4) is 0 Å². The summed E-state index contributed by atoms with van der Waals surface area (Å²) < 4.78 is 6.33. The Bertz CT molecular complexity index is 1240. The first-order valence-electron chi connectivity index (χ1n) is 10.2. The molecular formula is C23H24Cl2N4O4. The fourth-order valence-corrected chi connectivity index (χ4v) is 3.89. The fourth-order valence-electron chi connectivity index (χ4n) is 3.41. The lowest BCUT2D eigenvalue weighted by molar-refractivity contribution is -0.118. The first-order valence-corrected chi connectivity index (χ1v) is 11.0. The summed E-state index contributed by atoms with van der Waals surface area (Å²) >= 11 is 12.2. The molecule has 0 radical (unpaired) electrons. The molecule has 0 spiro atoms. The Labute approximate surface area is 200 Å². The van der Waals surface area contributed by atoms with Gasteiger partial charge in [-0.25, -0.2) is 4.79 Å². The van der Waals surface area contributed by atoms with Crippen LogP contribution in [-0.2, 0) is 22.5 Å². The zero-order valence-electron chi connectivity index (χ0n) is 18.0. The van der Waals surface area contributed by atoms with Crippen molar-refractivity contribution in [2.75, 3.05) is 30.9 Å². The first-order chi connectivity index (χ1) is 15.8. The Morgan fingerprint density at radius 1 is 1.15 bits per heavy atom. The highest BCUT2D eigenvalue weighted by Gasteiger charge is 2.25. The van der Waals surface area contributed by atoms with Gasteiger partial charge in [-0.2, -0.15) is 0 Å². The van der Waals surface area contributed by atoms with Gasteiger partial charge in [0.1, 0.15) is 5.82 Å². The van der Waals surface area contributed by atoms with Gasteiger partial charge in [0.15, 0.2) is 5.69 Å². The van der Waals surface area contributed by atoms with Crippen molar-refractivity contribution < 1.29 is 9.53 Å². The number of methoxy groups -OCH3 is 1. The molecule has 1 amide bonds. The predicted molar refractivity (Wildman–Crippen MR) is 130 cm³/mol. The molecule has 0 atom stereocenters. The highest BCUT2D eigenvalue weighted by molar-refractivity contribution is 6.35. The van der Waals surface area contributed by atoms with Crippen molar-refractivity contribution in [1.29, 1.82) is 0 Å². The predicted octanol–water partition coefficient (Wildman–Crippen LogP) is 3.09. The van der Waals surface area contributed by atoms with Crippen LogP contribution in [0.25, 0.3) is 0 Å². The van der Waals surface area contributed by atoms with E-state index in [0.29, 0.717) is 28.6 Å². The molecule has 0 saturated carbocycles. The second-order valence-corrected chi connectivity index (χ2v) is 8.21. The lowest BCUT2D eigenvalue weighted by atomic mass is 10.1. The number of carbonyl (C=O) groups is 1. The lowest BCUT2D eigenvalue weighted by Crippen LogP contribution is -2.42. The summed E-state index contributed by atoms with van der Waals surface area (Å²) in [6.07, 6.45) is 0.368. The van der Waals surface area contributed by atoms with Crippen LogP contribution in [0, 0.1) is 0 Å². The van der Waals surface area contributed by atoms with Crippen LogP contribution in [0.1, 0.15) is 17.5 Å². The van der Waals surface area contributed by atoms with Gasteiger partial charge in [0.05, 0.1) is 13.0 Å². The smallest absolute Gasteiger partial charge is 0.330 e. The number of halogens is 2. The van der Waals surface area contributed by atoms with E-state index in [1.807, 2.05) is 30.3 Å². The molecule has 0 aliphatic rings. The number of benzene rings is 2. The van der Waals surface area contributed by atoms with Gasteiger partial charge < -0.3 is 15.4 Å². The second kappa shape index (κ2) is 11.2. The summed E-state index contributed by atoms with van der Waals surface area (Å²) in [5.74, 6) is -0.502. The monoisotopic (exact) mass is 490 g/mol. The van der Waals surface area contributed by atoms with Gasteiger partial charge in [0.2, 0.25) is 5.91 Å². The molecule has 0 bridgehead atoms. The van der Waals surface area contributed by atoms with Gasteiger partial charge in [0, 0.05) is 30.3 Å². The molecule has 0 aliphatic heterocycles. The van der Waals surface area contributed by atoms with Gasteiger partial charge in [-0.05, 0) is 29.7 Å². The number of aromatic amines is 1. The largest absolute Gasteiger partial charge is 0.385 e. The standard InChI is InChI=1S/C23H24Cl2N4O4/c1-33-11-5-10-28(19(30)12-16-8-9-17(24)13-18(16)25)20-21(26)29(23(32)27-22(20)31)14-15-6-3-2-4-7-15/h2-4,6-9,13H,5,10-12,14,26H2,1H3,(H,27,31,32). The Kier molecular flexibility index (Phi) is 8.32. The van der Waals surface area contributed by atoms with Crippen molar-refractivity contribution in [3.8, 4) is 0 Å². The van der Waals surface area contributed by atoms with Gasteiger partial charge in [0.25, 0.3) is 5.56 Å². The molecule has 10 heteroatoms. The molecule has 0 fully saturated rings. The van der Waals surface area contributed by atoms with Crippen molar-refractivity contribution in [1.82, 2.24) is 9.55 Å². The maximum absolute atomic E-state index is 13.3. The SMILES string of the molecule is COCCCN(C(=O)Cc1ccc(Cl)cc1Cl)c1c(N)n(Cc2ccccc2)c(=O)[nH]c1=O. The van der Waals surface area contributed by atoms with Gasteiger partial charge >= 0.3 is 5.69 Å². The zero-order valence-corrected chi connectivity index (χ0v) is 19.5. The molecule has 0 unspecified atom stereocenters. The summed E-state index contributed by atoms with van der Waals surface area (Å²) in [5, 5.41) is 0.783. The topological polar surface area (TPSA) is 110 Å². The van der Waals surface area contributed by atoms with Crippen molar-refractivity contribution >= 4 is 40.6 Å². The minimum absolute atomic E-state index is 0.0837. The maximum Gasteiger partial charge on any atom is 0.330 e. The number of anilines is 2. The van der Waals surface area contributed by atoms with Crippen LogP contribution in [0.2, 0.25) is 10.0 Å². The number of nitrogen functional groups attached to an aromatic ring is 1. The van der Waals surface area contributed by atoms with Crippen molar-refractivity contribution in [2.45, 2.75) is 19.4 Å². The third-order valence-corrected chi connectivity index (χ3v) is 5.64. The van der Waals surface area contributed by atoms with Crippen LogP contribution in [-0.4, -0.2) is 35.7 Å². The molecule has 3 rings (SSSR count). The van der Waals surface area contributed by atoms with Crippen LogP contribution in [0.4, 0.5) is 11.5 Å². The molecule has 1 heterocycles. The number of nitrogens with zero attached hydrogens (tertiary/aromatic N) is 2. The molecular weight excluding hydrogens is 467 g/mol. The van der Waals surface area contributed by atoms with E-state index < -0.39 is 17.2 Å². The van der Waals surface area contributed by atoms with Crippen molar-refractivity contribution in [2.24, 2.45) is 0 Å². The summed E-state index contributed by atoms with van der Waals surface area (Å²) in [6, 6.07) is 14.0. The van der Waals surface area contributed by atoms with Crippen molar-refractivity contribution in [3.05, 3.63) is 90.5 Å². The van der Waals surface area contributed by atoms with E-state index in [4.69, 9.17) is 33.7 Å². The van der Waals surface area contributed by atoms with E-state index in [1.54, 1.807) is 25.3 Å². The average molecular weight is 491 g/mol. The van der Waals surface area contributed by atoms with Gasteiger partial charge in [-0.3, -0.25) is 19.1 Å². The summed E-state index contributed by atoms with van der Waals surface area (Å²) in [6.45, 7) is 0.667. The Morgan fingerprint density at radius 2 is 1.88 bits per heavy atom.